The van der Waals surface area contributed by atoms with Crippen LogP contribution in [0.2, 0.25) is 0 Å². The van der Waals surface area contributed by atoms with Crippen LogP contribution in [0.15, 0.2) is 24.3 Å². The van der Waals surface area contributed by atoms with E-state index in [1.807, 2.05) is 18.2 Å². The van der Waals surface area contributed by atoms with E-state index in [-0.39, 0.29) is 12.1 Å². The minimum atomic E-state index is -0.174. The van der Waals surface area contributed by atoms with E-state index >= 15 is 0 Å². The highest BCUT2D eigenvalue weighted by atomic mass is 16.5. The molecule has 0 bridgehead atoms. The van der Waals surface area contributed by atoms with E-state index in [0.717, 1.165) is 30.9 Å². The van der Waals surface area contributed by atoms with E-state index in [0.29, 0.717) is 0 Å². The molecule has 3 N–H and O–H groups in total. The van der Waals surface area contributed by atoms with Gasteiger partial charge in [0.2, 0.25) is 0 Å². The van der Waals surface area contributed by atoms with E-state index in [2.05, 4.69) is 16.0 Å². The van der Waals surface area contributed by atoms with E-state index in [9.17, 15) is 4.79 Å². The van der Waals surface area contributed by atoms with Crippen LogP contribution in [-0.4, -0.2) is 32.3 Å². The summed E-state index contributed by atoms with van der Waals surface area (Å²) >= 11 is 0. The lowest BCUT2D eigenvalue weighted by Gasteiger charge is -2.12. The van der Waals surface area contributed by atoms with Gasteiger partial charge in [0.05, 0.1) is 7.11 Å². The second kappa shape index (κ2) is 5.54. The van der Waals surface area contributed by atoms with Crippen molar-refractivity contribution in [3.63, 3.8) is 0 Å². The summed E-state index contributed by atoms with van der Waals surface area (Å²) in [6.45, 7) is 1.80. The largest absolute Gasteiger partial charge is 0.497 e. The number of benzene rings is 1. The Kier molecular flexibility index (Phi) is 3.82. The van der Waals surface area contributed by atoms with Crippen molar-refractivity contribution >= 4 is 11.7 Å². The van der Waals surface area contributed by atoms with Crippen molar-refractivity contribution in [2.45, 2.75) is 12.5 Å². The van der Waals surface area contributed by atoms with Gasteiger partial charge in [-0.2, -0.15) is 0 Å². The van der Waals surface area contributed by atoms with E-state index in [1.54, 1.807) is 13.2 Å². The maximum atomic E-state index is 11.7. The third-order valence-corrected chi connectivity index (χ3v) is 2.72. The Labute approximate surface area is 101 Å². The van der Waals surface area contributed by atoms with Crippen LogP contribution in [0.4, 0.5) is 10.5 Å². The molecule has 5 heteroatoms. The summed E-state index contributed by atoms with van der Waals surface area (Å²) < 4.78 is 5.09. The van der Waals surface area contributed by atoms with Gasteiger partial charge in [-0.25, -0.2) is 4.79 Å². The van der Waals surface area contributed by atoms with Crippen LogP contribution in [-0.2, 0) is 0 Å². The molecule has 1 fully saturated rings. The van der Waals surface area contributed by atoms with Crippen molar-refractivity contribution in [3.05, 3.63) is 24.3 Å². The Morgan fingerprint density at radius 1 is 1.53 bits per heavy atom. The van der Waals surface area contributed by atoms with Gasteiger partial charge in [0.25, 0.3) is 0 Å². The summed E-state index contributed by atoms with van der Waals surface area (Å²) in [5, 5.41) is 8.89. The molecular formula is C12H17N3O2. The number of carbonyl (C=O) groups excluding carboxylic acids is 1. The summed E-state index contributed by atoms with van der Waals surface area (Å²) in [6, 6.07) is 7.34. The summed E-state index contributed by atoms with van der Waals surface area (Å²) in [5.74, 6) is 0.727. The summed E-state index contributed by atoms with van der Waals surface area (Å²) in [7, 11) is 1.60. The van der Waals surface area contributed by atoms with Gasteiger partial charge >= 0.3 is 6.03 Å². The topological polar surface area (TPSA) is 62.4 Å². The fraction of sp³-hybridized carbons (Fsp3) is 0.417. The summed E-state index contributed by atoms with van der Waals surface area (Å²) in [5.41, 5.74) is 0.729. The van der Waals surface area contributed by atoms with Crippen LogP contribution < -0.4 is 20.7 Å². The van der Waals surface area contributed by atoms with Gasteiger partial charge in [0.15, 0.2) is 0 Å². The van der Waals surface area contributed by atoms with E-state index in [4.69, 9.17) is 4.74 Å². The Morgan fingerprint density at radius 3 is 3.12 bits per heavy atom. The molecule has 2 amide bonds. The Hall–Kier alpha value is -1.75. The maximum absolute atomic E-state index is 11.7. The fourth-order valence-electron chi connectivity index (χ4n) is 1.83. The molecule has 0 unspecified atom stereocenters. The highest BCUT2D eigenvalue weighted by Crippen LogP contribution is 2.16. The van der Waals surface area contributed by atoms with Gasteiger partial charge in [0, 0.05) is 24.3 Å². The second-order valence-electron chi connectivity index (χ2n) is 4.02. The first kappa shape index (κ1) is 11.7. The van der Waals surface area contributed by atoms with Gasteiger partial charge in [-0.1, -0.05) is 6.07 Å². The number of hydrogen-bond acceptors (Lipinski definition) is 3. The fourth-order valence-corrected chi connectivity index (χ4v) is 1.83. The van der Waals surface area contributed by atoms with Crippen molar-refractivity contribution in [2.24, 2.45) is 0 Å². The lowest BCUT2D eigenvalue weighted by atomic mass is 10.2. The molecule has 1 aliphatic rings. The zero-order chi connectivity index (χ0) is 12.1. The highest BCUT2D eigenvalue weighted by Gasteiger charge is 2.16. The third kappa shape index (κ3) is 3.35. The number of urea groups is 1. The first-order valence-electron chi connectivity index (χ1n) is 5.70. The monoisotopic (exact) mass is 235 g/mol. The molecule has 1 heterocycles. The molecule has 1 aliphatic heterocycles. The molecule has 1 saturated heterocycles. The number of methoxy groups -OCH3 is 1. The van der Waals surface area contributed by atoms with Gasteiger partial charge in [-0.3, -0.25) is 0 Å². The van der Waals surface area contributed by atoms with Crippen LogP contribution in [0.1, 0.15) is 6.42 Å². The van der Waals surface area contributed by atoms with Crippen molar-refractivity contribution in [2.75, 3.05) is 25.5 Å². The summed E-state index contributed by atoms with van der Waals surface area (Å²) in [6.07, 6.45) is 0.978. The molecule has 0 spiro atoms. The number of rotatable bonds is 3. The number of carbonyl (C=O) groups is 1. The predicted molar refractivity (Wildman–Crippen MR) is 66.4 cm³/mol. The zero-order valence-corrected chi connectivity index (χ0v) is 9.82. The van der Waals surface area contributed by atoms with Crippen LogP contribution in [0.3, 0.4) is 0 Å². The molecular weight excluding hydrogens is 218 g/mol. The lowest BCUT2D eigenvalue weighted by molar-refractivity contribution is 0.249. The summed E-state index contributed by atoms with van der Waals surface area (Å²) in [4.78, 5) is 11.7. The Bertz CT molecular complexity index is 389. The average molecular weight is 235 g/mol. The predicted octanol–water partition coefficient (Wildman–Crippen LogP) is 1.18. The van der Waals surface area contributed by atoms with Crippen LogP contribution in [0.5, 0.6) is 5.75 Å². The van der Waals surface area contributed by atoms with Crippen LogP contribution in [0.25, 0.3) is 0 Å². The maximum Gasteiger partial charge on any atom is 0.319 e. The van der Waals surface area contributed by atoms with Gasteiger partial charge in [-0.15, -0.1) is 0 Å². The smallest absolute Gasteiger partial charge is 0.319 e. The molecule has 92 valence electrons. The number of nitrogens with one attached hydrogen (secondary N) is 3. The third-order valence-electron chi connectivity index (χ3n) is 2.72. The SMILES string of the molecule is COc1cccc(NC(=O)N[C@@H]2CCNC2)c1. The molecule has 1 aromatic carbocycles. The highest BCUT2D eigenvalue weighted by molar-refractivity contribution is 5.89. The number of ether oxygens (including phenoxy) is 1. The first-order valence-corrected chi connectivity index (χ1v) is 5.70. The number of amides is 2. The molecule has 2 rings (SSSR count). The lowest BCUT2D eigenvalue weighted by Crippen LogP contribution is -2.39. The molecule has 0 aliphatic carbocycles. The first-order chi connectivity index (χ1) is 8.28. The van der Waals surface area contributed by atoms with Gasteiger partial charge in [0.1, 0.15) is 5.75 Å². The molecule has 0 aromatic heterocycles. The zero-order valence-electron chi connectivity index (χ0n) is 9.82. The van der Waals surface area contributed by atoms with Crippen LogP contribution >= 0.6 is 0 Å². The minimum Gasteiger partial charge on any atom is -0.497 e. The van der Waals surface area contributed by atoms with E-state index < -0.39 is 0 Å². The van der Waals surface area contributed by atoms with Crippen molar-refractivity contribution < 1.29 is 9.53 Å². The Morgan fingerprint density at radius 2 is 2.41 bits per heavy atom. The van der Waals surface area contributed by atoms with E-state index in [1.165, 1.54) is 0 Å². The second-order valence-corrected chi connectivity index (χ2v) is 4.02. The number of anilines is 1. The molecule has 1 aromatic rings. The molecule has 17 heavy (non-hydrogen) atoms. The number of hydrogen-bond donors (Lipinski definition) is 3. The van der Waals surface area contributed by atoms with Crippen molar-refractivity contribution in [1.82, 2.24) is 10.6 Å². The molecule has 5 nitrogen and oxygen atoms in total. The average Bonchev–Trinajstić information content (AvgIpc) is 2.82. The molecule has 0 saturated carbocycles. The quantitative estimate of drug-likeness (QED) is 0.737. The van der Waals surface area contributed by atoms with Gasteiger partial charge < -0.3 is 20.7 Å². The Balaban J connectivity index is 1.88. The normalized spacial score (nSPS) is 18.8. The molecule has 0 radical (unpaired) electrons. The van der Waals surface area contributed by atoms with Crippen molar-refractivity contribution in [1.29, 1.82) is 0 Å². The van der Waals surface area contributed by atoms with Gasteiger partial charge in [-0.05, 0) is 25.1 Å². The molecule has 1 atom stereocenters. The standard InChI is InChI=1S/C12H17N3O2/c1-17-11-4-2-3-9(7-11)14-12(16)15-10-5-6-13-8-10/h2-4,7,10,13H,5-6,8H2,1H3,(H2,14,15,16)/t10-/m1/s1. The van der Waals surface area contributed by atoms with Crippen LogP contribution in [0, 0.1) is 0 Å². The minimum absolute atomic E-state index is 0.174. The van der Waals surface area contributed by atoms with Crippen molar-refractivity contribution in [3.8, 4) is 5.75 Å².